The van der Waals surface area contributed by atoms with E-state index in [9.17, 15) is 30.0 Å². The van der Waals surface area contributed by atoms with Crippen LogP contribution in [-0.4, -0.2) is 83.8 Å². The quantitative estimate of drug-likeness (QED) is 0.374. The van der Waals surface area contributed by atoms with Crippen molar-refractivity contribution in [1.82, 2.24) is 5.32 Å². The lowest BCUT2D eigenvalue weighted by Gasteiger charge is -2.39. The molecule has 1 amide bonds. The van der Waals surface area contributed by atoms with Gasteiger partial charge in [0, 0.05) is 12.6 Å². The standard InChI is InChI=1S/C23H27NO9/c1-11-6-12(13-7-14(21(29)24-2)9-15(8-13)22(30)31-3)4-5-16(11)32-23-20(28)19(27)18(26)17(10-25)33-23/h4-9,17-20,23,25-28H,10H2,1-3H3,(H,24,29)/t17-,18-,19+,20+,23+/m1/s1. The number of carbonyl (C=O) groups excluding carboxylic acids is 2. The Kier molecular flexibility index (Phi) is 7.67. The van der Waals surface area contributed by atoms with Crippen molar-refractivity contribution >= 4 is 11.9 Å². The van der Waals surface area contributed by atoms with Crippen LogP contribution in [0, 0.1) is 6.92 Å². The molecule has 1 aliphatic rings. The average Bonchev–Trinajstić information content (AvgIpc) is 2.83. The molecule has 178 valence electrons. The number of rotatable bonds is 6. The third-order valence-electron chi connectivity index (χ3n) is 5.44. The summed E-state index contributed by atoms with van der Waals surface area (Å²) >= 11 is 0. The van der Waals surface area contributed by atoms with Gasteiger partial charge in [0.2, 0.25) is 6.29 Å². The number of methoxy groups -OCH3 is 1. The minimum atomic E-state index is -1.55. The van der Waals surface area contributed by atoms with E-state index in [1.807, 2.05) is 0 Å². The van der Waals surface area contributed by atoms with Gasteiger partial charge in [0.25, 0.3) is 5.91 Å². The molecule has 1 aliphatic heterocycles. The van der Waals surface area contributed by atoms with Crippen LogP contribution in [0.25, 0.3) is 11.1 Å². The highest BCUT2D eigenvalue weighted by atomic mass is 16.7. The summed E-state index contributed by atoms with van der Waals surface area (Å²) in [6, 6.07) is 9.73. The zero-order valence-electron chi connectivity index (χ0n) is 18.4. The number of aliphatic hydroxyl groups is 4. The molecule has 3 rings (SSSR count). The van der Waals surface area contributed by atoms with Crippen LogP contribution >= 0.6 is 0 Å². The summed E-state index contributed by atoms with van der Waals surface area (Å²) in [5.74, 6) is -0.610. The first-order valence-electron chi connectivity index (χ1n) is 10.2. The van der Waals surface area contributed by atoms with Crippen molar-refractivity contribution in [3.05, 3.63) is 53.1 Å². The van der Waals surface area contributed by atoms with Crippen molar-refractivity contribution in [3.63, 3.8) is 0 Å². The zero-order valence-corrected chi connectivity index (χ0v) is 18.4. The van der Waals surface area contributed by atoms with Gasteiger partial charge in [-0.2, -0.15) is 0 Å². The van der Waals surface area contributed by atoms with Crippen molar-refractivity contribution in [2.75, 3.05) is 20.8 Å². The van der Waals surface area contributed by atoms with Gasteiger partial charge < -0.3 is 40.0 Å². The molecule has 0 unspecified atom stereocenters. The molecule has 5 atom stereocenters. The number of hydrogen-bond acceptors (Lipinski definition) is 9. The number of carbonyl (C=O) groups is 2. The number of esters is 1. The maximum absolute atomic E-state index is 12.2. The van der Waals surface area contributed by atoms with E-state index in [2.05, 4.69) is 5.32 Å². The molecule has 0 radical (unpaired) electrons. The molecule has 10 heteroatoms. The van der Waals surface area contributed by atoms with Gasteiger partial charge in [0.1, 0.15) is 30.2 Å². The predicted octanol–water partition coefficient (Wildman–Crippen LogP) is -0.0131. The van der Waals surface area contributed by atoms with Gasteiger partial charge in [-0.25, -0.2) is 4.79 Å². The maximum Gasteiger partial charge on any atom is 0.337 e. The average molecular weight is 461 g/mol. The lowest BCUT2D eigenvalue weighted by molar-refractivity contribution is -0.277. The van der Waals surface area contributed by atoms with E-state index in [-0.39, 0.29) is 17.0 Å². The van der Waals surface area contributed by atoms with Crippen molar-refractivity contribution in [1.29, 1.82) is 0 Å². The van der Waals surface area contributed by atoms with Crippen LogP contribution in [0.3, 0.4) is 0 Å². The Balaban J connectivity index is 1.90. The lowest BCUT2D eigenvalue weighted by Crippen LogP contribution is -2.60. The highest BCUT2D eigenvalue weighted by Crippen LogP contribution is 2.31. The molecule has 0 bridgehead atoms. The fraction of sp³-hybridized carbons (Fsp3) is 0.391. The van der Waals surface area contributed by atoms with E-state index >= 15 is 0 Å². The van der Waals surface area contributed by atoms with Gasteiger partial charge in [-0.15, -0.1) is 0 Å². The van der Waals surface area contributed by atoms with Gasteiger partial charge in [-0.05, 0) is 53.9 Å². The maximum atomic E-state index is 12.2. The van der Waals surface area contributed by atoms with Gasteiger partial charge in [-0.1, -0.05) is 6.07 Å². The summed E-state index contributed by atoms with van der Waals surface area (Å²) in [5.41, 5.74) is 2.42. The minimum absolute atomic E-state index is 0.216. The minimum Gasteiger partial charge on any atom is -0.465 e. The zero-order chi connectivity index (χ0) is 24.3. The highest BCUT2D eigenvalue weighted by molar-refractivity contribution is 5.99. The predicted molar refractivity (Wildman–Crippen MR) is 116 cm³/mol. The third kappa shape index (κ3) is 5.15. The number of nitrogens with one attached hydrogen (secondary N) is 1. The fourth-order valence-electron chi connectivity index (χ4n) is 3.56. The summed E-state index contributed by atoms with van der Waals surface area (Å²) in [7, 11) is 2.74. The topological polar surface area (TPSA) is 155 Å². The molecule has 0 spiro atoms. The molecule has 0 aromatic heterocycles. The molecular formula is C23H27NO9. The fourth-order valence-corrected chi connectivity index (χ4v) is 3.56. The Hall–Kier alpha value is -3.02. The van der Waals surface area contributed by atoms with Gasteiger partial charge in [0.05, 0.1) is 19.3 Å². The third-order valence-corrected chi connectivity index (χ3v) is 5.44. The molecule has 1 heterocycles. The highest BCUT2D eigenvalue weighted by Gasteiger charge is 2.44. The van der Waals surface area contributed by atoms with Gasteiger partial charge in [0.15, 0.2) is 0 Å². The Morgan fingerprint density at radius 1 is 1.00 bits per heavy atom. The Labute approximate surface area is 190 Å². The molecule has 1 saturated heterocycles. The van der Waals surface area contributed by atoms with Crippen LogP contribution in [0.5, 0.6) is 5.75 Å². The second kappa shape index (κ2) is 10.3. The molecule has 2 aromatic carbocycles. The largest absolute Gasteiger partial charge is 0.465 e. The van der Waals surface area contributed by atoms with Crippen molar-refractivity contribution in [2.45, 2.75) is 37.6 Å². The summed E-state index contributed by atoms with van der Waals surface area (Å²) in [6.07, 6.45) is -6.96. The molecule has 1 fully saturated rings. The van der Waals surface area contributed by atoms with Crippen LogP contribution < -0.4 is 10.1 Å². The van der Waals surface area contributed by atoms with Gasteiger partial charge >= 0.3 is 5.97 Å². The normalized spacial score (nSPS) is 24.8. The number of hydrogen-bond donors (Lipinski definition) is 5. The first-order chi connectivity index (χ1) is 15.7. The second-order valence-corrected chi connectivity index (χ2v) is 7.67. The molecule has 0 saturated carbocycles. The molecular weight excluding hydrogens is 434 g/mol. The Bertz CT molecular complexity index is 989. The molecule has 5 N–H and O–H groups in total. The van der Waals surface area contributed by atoms with E-state index < -0.39 is 43.3 Å². The van der Waals surface area contributed by atoms with Crippen LogP contribution in [-0.2, 0) is 9.47 Å². The molecule has 33 heavy (non-hydrogen) atoms. The monoisotopic (exact) mass is 461 g/mol. The lowest BCUT2D eigenvalue weighted by atomic mass is 9.97. The molecule has 10 nitrogen and oxygen atoms in total. The van der Waals surface area contributed by atoms with Crippen LogP contribution in [0.2, 0.25) is 0 Å². The van der Waals surface area contributed by atoms with E-state index in [1.165, 1.54) is 20.2 Å². The smallest absolute Gasteiger partial charge is 0.337 e. The van der Waals surface area contributed by atoms with Crippen molar-refractivity contribution in [2.24, 2.45) is 0 Å². The number of aliphatic hydroxyl groups excluding tert-OH is 4. The summed E-state index contributed by atoms with van der Waals surface area (Å²) in [6.45, 7) is 1.18. The number of benzene rings is 2. The van der Waals surface area contributed by atoms with E-state index in [0.29, 0.717) is 22.4 Å². The SMILES string of the molecule is CNC(=O)c1cc(C(=O)OC)cc(-c2ccc(O[C@H]3O[C@H](CO)[C@@H](O)[C@H](O)[C@@H]3O)c(C)c2)c1. The number of amides is 1. The van der Waals surface area contributed by atoms with E-state index in [0.717, 1.165) is 0 Å². The van der Waals surface area contributed by atoms with E-state index in [1.54, 1.807) is 37.3 Å². The van der Waals surface area contributed by atoms with Crippen molar-refractivity contribution < 1.29 is 44.2 Å². The first kappa shape index (κ1) is 24.6. The summed E-state index contributed by atoms with van der Waals surface area (Å²) in [5, 5.41) is 41.9. The molecule has 0 aliphatic carbocycles. The van der Waals surface area contributed by atoms with Crippen molar-refractivity contribution in [3.8, 4) is 16.9 Å². The Morgan fingerprint density at radius 2 is 1.70 bits per heavy atom. The summed E-state index contributed by atoms with van der Waals surface area (Å²) < 4.78 is 15.9. The van der Waals surface area contributed by atoms with Crippen LogP contribution in [0.4, 0.5) is 0 Å². The second-order valence-electron chi connectivity index (χ2n) is 7.67. The first-order valence-corrected chi connectivity index (χ1v) is 10.2. The number of ether oxygens (including phenoxy) is 3. The van der Waals surface area contributed by atoms with Crippen LogP contribution in [0.1, 0.15) is 26.3 Å². The van der Waals surface area contributed by atoms with E-state index in [4.69, 9.17) is 14.2 Å². The van der Waals surface area contributed by atoms with Crippen LogP contribution in [0.15, 0.2) is 36.4 Å². The summed E-state index contributed by atoms with van der Waals surface area (Å²) in [4.78, 5) is 24.2. The van der Waals surface area contributed by atoms with Gasteiger partial charge in [-0.3, -0.25) is 4.79 Å². The molecule has 2 aromatic rings. The Morgan fingerprint density at radius 3 is 2.30 bits per heavy atom. The number of aryl methyl sites for hydroxylation is 1.